The second-order valence-corrected chi connectivity index (χ2v) is 4.65. The molecule has 0 bridgehead atoms. The van der Waals surface area contributed by atoms with Crippen molar-refractivity contribution in [2.24, 2.45) is 5.11 Å². The Morgan fingerprint density at radius 3 is 2.68 bits per heavy atom. The molecule has 0 aromatic heterocycles. The van der Waals surface area contributed by atoms with Gasteiger partial charge in [-0.25, -0.2) is 0 Å². The average molecular weight is 280 g/mol. The van der Waals surface area contributed by atoms with E-state index in [0.29, 0.717) is 5.75 Å². The van der Waals surface area contributed by atoms with E-state index in [1.807, 2.05) is 18.2 Å². The highest BCUT2D eigenvalue weighted by molar-refractivity contribution is 7.99. The van der Waals surface area contributed by atoms with Gasteiger partial charge in [0.15, 0.2) is 0 Å². The number of thioether (sulfide) groups is 1. The van der Waals surface area contributed by atoms with Crippen LogP contribution in [0.4, 0.5) is 4.39 Å². The van der Waals surface area contributed by atoms with Gasteiger partial charge in [-0.3, -0.25) is 4.39 Å². The summed E-state index contributed by atoms with van der Waals surface area (Å²) in [5.41, 5.74) is 9.14. The largest absolute Gasteiger partial charge is 0.376 e. The minimum atomic E-state index is -0.882. The lowest BCUT2D eigenvalue weighted by atomic mass is 10.0. The Kier molecular flexibility index (Phi) is 6.75. The first-order valence-corrected chi connectivity index (χ1v) is 6.48. The quantitative estimate of drug-likeness (QED) is 0.331. The van der Waals surface area contributed by atoms with Crippen molar-refractivity contribution in [3.63, 3.8) is 0 Å². The minimum Gasteiger partial charge on any atom is -0.376 e. The smallest absolute Gasteiger partial charge is 0.101 e. The normalized spacial score (nSPS) is 13.1. The summed E-state index contributed by atoms with van der Waals surface area (Å²) < 4.78 is 18.0. The lowest BCUT2D eigenvalue weighted by Gasteiger charge is -2.20. The fourth-order valence-corrected chi connectivity index (χ4v) is 2.18. The van der Waals surface area contributed by atoms with E-state index in [1.54, 1.807) is 12.1 Å². The van der Waals surface area contributed by atoms with Gasteiger partial charge in [-0.2, -0.15) is 5.26 Å². The van der Waals surface area contributed by atoms with Gasteiger partial charge in [0.05, 0.1) is 24.0 Å². The van der Waals surface area contributed by atoms with Gasteiger partial charge in [-0.1, -0.05) is 17.2 Å². The molecule has 0 aliphatic carbocycles. The van der Waals surface area contributed by atoms with Gasteiger partial charge in [0.1, 0.15) is 6.67 Å². The van der Waals surface area contributed by atoms with Crippen LogP contribution in [0, 0.1) is 11.3 Å². The number of hydrogen-bond donors (Lipinski definition) is 0. The predicted octanol–water partition coefficient (Wildman–Crippen LogP) is 3.64. The number of hydrogen-bond acceptors (Lipinski definition) is 4. The number of alkyl halides is 1. The Morgan fingerprint density at radius 2 is 2.21 bits per heavy atom. The van der Waals surface area contributed by atoms with Crippen molar-refractivity contribution < 1.29 is 9.13 Å². The van der Waals surface area contributed by atoms with E-state index in [1.165, 1.54) is 18.9 Å². The molecule has 0 amide bonds. The minimum absolute atomic E-state index is 0.374. The fraction of sp³-hybridized carbons (Fsp3) is 0.417. The van der Waals surface area contributed by atoms with Crippen LogP contribution in [0.15, 0.2) is 34.3 Å². The highest BCUT2D eigenvalue weighted by atomic mass is 32.2. The third kappa shape index (κ3) is 4.45. The molecule has 0 saturated heterocycles. The topological polar surface area (TPSA) is 81.8 Å². The summed E-state index contributed by atoms with van der Waals surface area (Å²) >= 11 is 1.41. The molecule has 1 aromatic carbocycles. The van der Waals surface area contributed by atoms with Crippen LogP contribution < -0.4 is 0 Å². The highest BCUT2D eigenvalue weighted by Gasteiger charge is 2.21. The molecule has 0 heterocycles. The monoisotopic (exact) mass is 280 g/mol. The number of halogens is 1. The van der Waals surface area contributed by atoms with E-state index in [4.69, 9.17) is 15.5 Å². The van der Waals surface area contributed by atoms with E-state index in [-0.39, 0.29) is 0 Å². The maximum absolute atomic E-state index is 12.8. The van der Waals surface area contributed by atoms with Crippen LogP contribution in [-0.2, 0) is 4.74 Å². The fourth-order valence-electron chi connectivity index (χ4n) is 1.62. The van der Waals surface area contributed by atoms with Gasteiger partial charge in [0.25, 0.3) is 0 Å². The molecule has 0 saturated carbocycles. The number of nitriles is 1. The summed E-state index contributed by atoms with van der Waals surface area (Å²) in [6.45, 7) is -0.784. The van der Waals surface area contributed by atoms with Gasteiger partial charge in [0.2, 0.25) is 0 Å². The van der Waals surface area contributed by atoms with Gasteiger partial charge < -0.3 is 4.74 Å². The van der Waals surface area contributed by atoms with Crippen LogP contribution in [0.25, 0.3) is 10.4 Å². The molecule has 0 unspecified atom stereocenters. The van der Waals surface area contributed by atoms with E-state index in [0.717, 1.165) is 10.5 Å². The van der Waals surface area contributed by atoms with Gasteiger partial charge >= 0.3 is 0 Å². The first kappa shape index (κ1) is 15.3. The summed E-state index contributed by atoms with van der Waals surface area (Å²) in [6, 6.07) is 8.38. The molecule has 0 spiro atoms. The molecule has 0 radical (unpaired) electrons. The predicted molar refractivity (Wildman–Crippen MR) is 71.4 cm³/mol. The highest BCUT2D eigenvalue weighted by Crippen LogP contribution is 2.26. The lowest BCUT2D eigenvalue weighted by Crippen LogP contribution is -2.20. The molecule has 100 valence electrons. The molecular weight excluding hydrogens is 267 g/mol. The summed E-state index contributed by atoms with van der Waals surface area (Å²) in [5, 5.41) is 11.9. The summed E-state index contributed by atoms with van der Waals surface area (Å²) in [4.78, 5) is 3.57. The molecule has 0 aliphatic heterocycles. The maximum atomic E-state index is 12.8. The zero-order chi connectivity index (χ0) is 14.1. The second kappa shape index (κ2) is 8.38. The molecule has 0 N–H and O–H groups in total. The van der Waals surface area contributed by atoms with E-state index in [9.17, 15) is 4.39 Å². The van der Waals surface area contributed by atoms with Crippen molar-refractivity contribution >= 4 is 11.8 Å². The molecule has 7 heteroatoms. The molecule has 1 rings (SSSR count). The van der Waals surface area contributed by atoms with Crippen molar-refractivity contribution in [2.75, 3.05) is 19.5 Å². The van der Waals surface area contributed by atoms with E-state index < -0.39 is 18.8 Å². The zero-order valence-electron chi connectivity index (χ0n) is 10.4. The Labute approximate surface area is 115 Å². The van der Waals surface area contributed by atoms with Gasteiger partial charge in [-0.05, 0) is 23.2 Å². The number of nitrogens with zero attached hydrogens (tertiary/aromatic N) is 4. The number of azide groups is 1. The summed E-state index contributed by atoms with van der Waals surface area (Å²) in [5.74, 6) is 0.374. The molecule has 0 aliphatic rings. The Hall–Kier alpha value is -1.74. The maximum Gasteiger partial charge on any atom is 0.101 e. The molecule has 2 atom stereocenters. The number of rotatable bonds is 7. The Bertz CT molecular complexity index is 481. The van der Waals surface area contributed by atoms with Crippen LogP contribution in [0.2, 0.25) is 0 Å². The van der Waals surface area contributed by atoms with Crippen LogP contribution >= 0.6 is 11.8 Å². The Morgan fingerprint density at radius 1 is 1.53 bits per heavy atom. The molecular formula is C12H13FN4OS. The Balaban J connectivity index is 2.87. The first-order valence-electron chi connectivity index (χ1n) is 5.49. The number of ether oxygens (including phenoxy) is 1. The molecule has 0 fully saturated rings. The second-order valence-electron chi connectivity index (χ2n) is 3.60. The average Bonchev–Trinajstić information content (AvgIpc) is 2.46. The number of methoxy groups -OCH3 is 1. The molecule has 1 aromatic rings. The van der Waals surface area contributed by atoms with Crippen LogP contribution in [-0.4, -0.2) is 25.6 Å². The third-order valence-electron chi connectivity index (χ3n) is 2.47. The van der Waals surface area contributed by atoms with Crippen LogP contribution in [0.3, 0.4) is 0 Å². The van der Waals surface area contributed by atoms with Crippen molar-refractivity contribution in [1.29, 1.82) is 5.26 Å². The summed E-state index contributed by atoms with van der Waals surface area (Å²) in [7, 11) is 1.44. The van der Waals surface area contributed by atoms with Crippen molar-refractivity contribution in [3.05, 3.63) is 40.3 Å². The lowest BCUT2D eigenvalue weighted by molar-refractivity contribution is 0.0721. The number of benzene rings is 1. The van der Waals surface area contributed by atoms with Crippen molar-refractivity contribution in [1.82, 2.24) is 0 Å². The zero-order valence-corrected chi connectivity index (χ0v) is 11.2. The SMILES string of the molecule is CO[C@H](c1ccc(SCC#N)cc1)[C@@H](CF)N=[N+]=[N-]. The third-order valence-corrected chi connectivity index (χ3v) is 3.35. The van der Waals surface area contributed by atoms with E-state index >= 15 is 0 Å². The van der Waals surface area contributed by atoms with Crippen LogP contribution in [0.1, 0.15) is 11.7 Å². The van der Waals surface area contributed by atoms with Crippen molar-refractivity contribution in [3.8, 4) is 6.07 Å². The van der Waals surface area contributed by atoms with Crippen molar-refractivity contribution in [2.45, 2.75) is 17.0 Å². The van der Waals surface area contributed by atoms with Gasteiger partial charge in [0, 0.05) is 16.9 Å². The van der Waals surface area contributed by atoms with E-state index in [2.05, 4.69) is 10.0 Å². The molecule has 19 heavy (non-hydrogen) atoms. The standard InChI is InChI=1S/C12H13FN4OS/c1-18-12(11(8-13)16-17-15)9-2-4-10(5-3-9)19-7-6-14/h2-5,11-12H,7-8H2,1H3/t11-,12-/m1/s1. The summed E-state index contributed by atoms with van der Waals surface area (Å²) in [6.07, 6.45) is -0.615. The van der Waals surface area contributed by atoms with Gasteiger partial charge in [-0.15, -0.1) is 11.8 Å². The molecule has 5 nitrogen and oxygen atoms in total. The van der Waals surface area contributed by atoms with Crippen LogP contribution in [0.5, 0.6) is 0 Å². The first-order chi connectivity index (χ1) is 9.26.